The van der Waals surface area contributed by atoms with Crippen LogP contribution in [0.2, 0.25) is 0 Å². The third-order valence-electron chi connectivity index (χ3n) is 2.77. The van der Waals surface area contributed by atoms with Crippen LogP contribution in [0, 0.1) is 0 Å². The van der Waals surface area contributed by atoms with E-state index in [1.54, 1.807) is 0 Å². The van der Waals surface area contributed by atoms with Crippen molar-refractivity contribution in [1.82, 2.24) is 10.0 Å². The van der Waals surface area contributed by atoms with Crippen LogP contribution < -0.4 is 10.0 Å². The maximum Gasteiger partial charge on any atom is 0.216 e. The molecule has 0 saturated carbocycles. The van der Waals surface area contributed by atoms with Gasteiger partial charge in [0.15, 0.2) is 0 Å². The second kappa shape index (κ2) is 4.95. The topological polar surface area (TPSA) is 58.2 Å². The van der Waals surface area contributed by atoms with E-state index in [2.05, 4.69) is 10.0 Å². The van der Waals surface area contributed by atoms with E-state index in [0.29, 0.717) is 19.5 Å². The molecule has 1 saturated heterocycles. The molecular formula is C11H16N2O2S. The van der Waals surface area contributed by atoms with E-state index in [1.807, 2.05) is 30.3 Å². The number of hydrogen-bond acceptors (Lipinski definition) is 3. The summed E-state index contributed by atoms with van der Waals surface area (Å²) >= 11 is 0. The zero-order valence-electron chi connectivity index (χ0n) is 9.02. The number of hydrogen-bond donors (Lipinski definition) is 2. The van der Waals surface area contributed by atoms with Crippen LogP contribution in [-0.2, 0) is 16.6 Å². The minimum atomic E-state index is -3.17. The van der Waals surface area contributed by atoms with Gasteiger partial charge in [0.05, 0.1) is 5.25 Å². The Morgan fingerprint density at radius 1 is 1.31 bits per heavy atom. The Morgan fingerprint density at radius 2 is 2.06 bits per heavy atom. The molecule has 5 heteroatoms. The molecule has 16 heavy (non-hydrogen) atoms. The molecule has 88 valence electrons. The third-order valence-corrected chi connectivity index (χ3v) is 4.60. The molecule has 0 bridgehead atoms. The molecule has 1 unspecified atom stereocenters. The fourth-order valence-corrected chi connectivity index (χ4v) is 3.16. The van der Waals surface area contributed by atoms with Gasteiger partial charge in [0.25, 0.3) is 0 Å². The van der Waals surface area contributed by atoms with Crippen LogP contribution in [0.5, 0.6) is 0 Å². The number of nitrogens with one attached hydrogen (secondary N) is 2. The molecule has 4 nitrogen and oxygen atoms in total. The first-order valence-corrected chi connectivity index (χ1v) is 6.96. The third kappa shape index (κ3) is 2.81. The van der Waals surface area contributed by atoms with Gasteiger partial charge in [-0.05, 0) is 18.5 Å². The molecule has 1 aliphatic rings. The van der Waals surface area contributed by atoms with Gasteiger partial charge in [0.1, 0.15) is 0 Å². The molecule has 1 aliphatic heterocycles. The van der Waals surface area contributed by atoms with Gasteiger partial charge in [-0.25, -0.2) is 13.1 Å². The van der Waals surface area contributed by atoms with Gasteiger partial charge in [-0.3, -0.25) is 0 Å². The van der Waals surface area contributed by atoms with Crippen molar-refractivity contribution < 1.29 is 8.42 Å². The molecule has 0 aliphatic carbocycles. The summed E-state index contributed by atoms with van der Waals surface area (Å²) in [6.07, 6.45) is 0.699. The Hall–Kier alpha value is -0.910. The van der Waals surface area contributed by atoms with Crippen molar-refractivity contribution in [1.29, 1.82) is 0 Å². The van der Waals surface area contributed by atoms with Gasteiger partial charge in [0.2, 0.25) is 10.0 Å². The lowest BCUT2D eigenvalue weighted by Crippen LogP contribution is -2.35. The Bertz CT molecular complexity index is 425. The van der Waals surface area contributed by atoms with Crippen molar-refractivity contribution in [3.05, 3.63) is 35.9 Å². The minimum absolute atomic E-state index is 0.281. The molecule has 2 N–H and O–H groups in total. The average Bonchev–Trinajstić information content (AvgIpc) is 2.82. The second-order valence-electron chi connectivity index (χ2n) is 3.97. The quantitative estimate of drug-likeness (QED) is 0.804. The lowest BCUT2D eigenvalue weighted by Gasteiger charge is -2.11. The monoisotopic (exact) mass is 240 g/mol. The Labute approximate surface area is 96.1 Å². The van der Waals surface area contributed by atoms with Crippen LogP contribution in [0.1, 0.15) is 12.0 Å². The molecule has 0 spiro atoms. The normalized spacial score (nSPS) is 21.1. The molecule has 1 fully saturated rings. The van der Waals surface area contributed by atoms with Crippen molar-refractivity contribution in [2.75, 3.05) is 13.1 Å². The first kappa shape index (κ1) is 11.6. The second-order valence-corrected chi connectivity index (χ2v) is 6.01. The summed E-state index contributed by atoms with van der Waals surface area (Å²) < 4.78 is 26.4. The maximum atomic E-state index is 11.9. The predicted molar refractivity (Wildman–Crippen MR) is 63.5 cm³/mol. The average molecular weight is 240 g/mol. The first-order chi connectivity index (χ1) is 7.68. The van der Waals surface area contributed by atoms with Gasteiger partial charge < -0.3 is 5.32 Å². The standard InChI is InChI=1S/C11H16N2O2S/c14-16(15,11-6-7-12-9-11)13-8-10-4-2-1-3-5-10/h1-5,11-13H,6-9H2. The molecule has 1 atom stereocenters. The summed E-state index contributed by atoms with van der Waals surface area (Å²) in [4.78, 5) is 0. The molecular weight excluding hydrogens is 224 g/mol. The summed E-state index contributed by atoms with van der Waals surface area (Å²) in [5, 5.41) is 2.78. The van der Waals surface area contributed by atoms with Gasteiger partial charge in [-0.1, -0.05) is 30.3 Å². The van der Waals surface area contributed by atoms with Crippen molar-refractivity contribution in [2.45, 2.75) is 18.2 Å². The lowest BCUT2D eigenvalue weighted by atomic mass is 10.2. The van der Waals surface area contributed by atoms with E-state index in [4.69, 9.17) is 0 Å². The van der Waals surface area contributed by atoms with E-state index < -0.39 is 10.0 Å². The molecule has 0 radical (unpaired) electrons. The van der Waals surface area contributed by atoms with Crippen LogP contribution in [-0.4, -0.2) is 26.8 Å². The van der Waals surface area contributed by atoms with E-state index in [9.17, 15) is 8.42 Å². The molecule has 2 rings (SSSR count). The highest BCUT2D eigenvalue weighted by Gasteiger charge is 2.27. The maximum absolute atomic E-state index is 11.9. The SMILES string of the molecule is O=S(=O)(NCc1ccccc1)C1CCNC1. The highest BCUT2D eigenvalue weighted by molar-refractivity contribution is 7.90. The van der Waals surface area contributed by atoms with Crippen molar-refractivity contribution in [3.8, 4) is 0 Å². The largest absolute Gasteiger partial charge is 0.315 e. The number of sulfonamides is 1. The number of rotatable bonds is 4. The summed E-state index contributed by atoms with van der Waals surface area (Å²) in [6, 6.07) is 9.55. The number of benzene rings is 1. The van der Waals surface area contributed by atoms with E-state index >= 15 is 0 Å². The zero-order chi connectivity index (χ0) is 11.4. The van der Waals surface area contributed by atoms with Gasteiger partial charge in [-0.2, -0.15) is 0 Å². The Morgan fingerprint density at radius 3 is 2.69 bits per heavy atom. The molecule has 0 aromatic heterocycles. The van der Waals surface area contributed by atoms with Crippen molar-refractivity contribution >= 4 is 10.0 Å². The summed E-state index contributed by atoms with van der Waals surface area (Å²) in [5.41, 5.74) is 0.983. The smallest absolute Gasteiger partial charge is 0.216 e. The van der Waals surface area contributed by atoms with Crippen LogP contribution in [0.15, 0.2) is 30.3 Å². The van der Waals surface area contributed by atoms with E-state index in [0.717, 1.165) is 12.1 Å². The molecule has 0 amide bonds. The summed E-state index contributed by atoms with van der Waals surface area (Å²) in [6.45, 7) is 1.72. The fourth-order valence-electron chi connectivity index (χ4n) is 1.79. The Kier molecular flexibility index (Phi) is 3.58. The van der Waals surface area contributed by atoms with Gasteiger partial charge >= 0.3 is 0 Å². The van der Waals surface area contributed by atoms with Crippen LogP contribution in [0.3, 0.4) is 0 Å². The van der Waals surface area contributed by atoms with Crippen LogP contribution in [0.25, 0.3) is 0 Å². The van der Waals surface area contributed by atoms with E-state index in [-0.39, 0.29) is 5.25 Å². The fraction of sp³-hybridized carbons (Fsp3) is 0.455. The summed E-state index contributed by atoms with van der Waals surface area (Å²) in [7, 11) is -3.17. The molecule has 1 aromatic carbocycles. The molecule has 1 heterocycles. The van der Waals surface area contributed by atoms with Gasteiger partial charge in [-0.15, -0.1) is 0 Å². The first-order valence-electron chi connectivity index (χ1n) is 5.41. The lowest BCUT2D eigenvalue weighted by molar-refractivity contribution is 0.567. The highest BCUT2D eigenvalue weighted by Crippen LogP contribution is 2.09. The van der Waals surface area contributed by atoms with Crippen molar-refractivity contribution in [2.24, 2.45) is 0 Å². The van der Waals surface area contributed by atoms with E-state index in [1.165, 1.54) is 0 Å². The molecule has 1 aromatic rings. The van der Waals surface area contributed by atoms with Crippen LogP contribution in [0.4, 0.5) is 0 Å². The minimum Gasteiger partial charge on any atom is -0.315 e. The predicted octanol–water partition coefficient (Wildman–Crippen LogP) is 0.468. The van der Waals surface area contributed by atoms with Gasteiger partial charge in [0, 0.05) is 13.1 Å². The van der Waals surface area contributed by atoms with Crippen LogP contribution >= 0.6 is 0 Å². The summed E-state index contributed by atoms with van der Waals surface area (Å²) in [5.74, 6) is 0. The van der Waals surface area contributed by atoms with Crippen molar-refractivity contribution in [3.63, 3.8) is 0 Å². The Balaban J connectivity index is 1.94. The highest BCUT2D eigenvalue weighted by atomic mass is 32.2. The zero-order valence-corrected chi connectivity index (χ0v) is 9.83.